The highest BCUT2D eigenvalue weighted by Crippen LogP contribution is 2.30. The predicted molar refractivity (Wildman–Crippen MR) is 133 cm³/mol. The van der Waals surface area contributed by atoms with Crippen LogP contribution in [-0.4, -0.2) is 16.5 Å². The minimum Gasteiger partial charge on any atom is -0.487 e. The van der Waals surface area contributed by atoms with Crippen molar-refractivity contribution in [1.29, 1.82) is 0 Å². The molecule has 0 saturated carbocycles. The van der Waals surface area contributed by atoms with Crippen LogP contribution in [-0.2, 0) is 11.4 Å². The Balaban J connectivity index is 1.51. The van der Waals surface area contributed by atoms with Crippen molar-refractivity contribution in [2.24, 2.45) is 5.10 Å². The van der Waals surface area contributed by atoms with Crippen molar-refractivity contribution in [2.75, 3.05) is 5.01 Å². The van der Waals surface area contributed by atoms with Crippen LogP contribution >= 0.6 is 11.6 Å². The number of anilines is 1. The van der Waals surface area contributed by atoms with E-state index < -0.39 is 4.92 Å². The van der Waals surface area contributed by atoms with Gasteiger partial charge in [0, 0.05) is 12.1 Å². The van der Waals surface area contributed by atoms with Crippen molar-refractivity contribution in [3.8, 4) is 5.75 Å². The van der Waals surface area contributed by atoms with E-state index in [-0.39, 0.29) is 18.2 Å². The lowest BCUT2D eigenvalue weighted by molar-refractivity contribution is -0.384. The van der Waals surface area contributed by atoms with E-state index in [9.17, 15) is 14.9 Å². The summed E-state index contributed by atoms with van der Waals surface area (Å²) < 4.78 is 5.78. The zero-order valence-corrected chi connectivity index (χ0v) is 19.2. The number of nitro benzene ring substituents is 1. The van der Waals surface area contributed by atoms with E-state index in [1.54, 1.807) is 30.3 Å². The largest absolute Gasteiger partial charge is 0.487 e. The van der Waals surface area contributed by atoms with Crippen LogP contribution in [0.2, 0.25) is 5.02 Å². The second kappa shape index (κ2) is 10.3. The molecule has 0 saturated heterocycles. The number of hydrogen-bond acceptors (Lipinski definition) is 5. The molecule has 1 heterocycles. The third-order valence-corrected chi connectivity index (χ3v) is 5.55. The summed E-state index contributed by atoms with van der Waals surface area (Å²) in [6.45, 7) is 2.26. The Labute approximate surface area is 202 Å². The zero-order valence-electron chi connectivity index (χ0n) is 18.5. The van der Waals surface area contributed by atoms with Gasteiger partial charge in [-0.3, -0.25) is 14.9 Å². The molecule has 1 amide bonds. The first-order valence-corrected chi connectivity index (χ1v) is 11.2. The van der Waals surface area contributed by atoms with Gasteiger partial charge in [-0.25, -0.2) is 0 Å². The molecule has 0 fully saturated rings. The molecule has 4 rings (SSSR count). The van der Waals surface area contributed by atoms with Crippen LogP contribution in [0.4, 0.5) is 11.4 Å². The predicted octanol–water partition coefficient (Wildman–Crippen LogP) is 6.41. The minimum absolute atomic E-state index is 0.0254. The first-order chi connectivity index (χ1) is 16.5. The van der Waals surface area contributed by atoms with Gasteiger partial charge < -0.3 is 4.74 Å². The number of hydrogen-bond donors (Lipinski definition) is 0. The standard InChI is InChI=1S/C26H22ClN3O4/c1-2-6-24-22(26(31)29(28-24)20-7-4-3-5-8-20)15-19-11-14-25(23(27)16-19)34-17-18-9-12-21(13-10-18)30(32)33/h3-5,7-16H,2,6,17H2,1H3. The fraction of sp³-hybridized carbons (Fsp3) is 0.154. The highest BCUT2D eigenvalue weighted by molar-refractivity contribution is 6.33. The first kappa shape index (κ1) is 23.2. The number of halogens is 1. The summed E-state index contributed by atoms with van der Waals surface area (Å²) in [6.07, 6.45) is 3.35. The van der Waals surface area contributed by atoms with Gasteiger partial charge in [0.25, 0.3) is 11.6 Å². The number of rotatable bonds is 8. The fourth-order valence-electron chi connectivity index (χ4n) is 3.53. The smallest absolute Gasteiger partial charge is 0.280 e. The molecule has 0 radical (unpaired) electrons. The van der Waals surface area contributed by atoms with Crippen molar-refractivity contribution in [3.63, 3.8) is 0 Å². The Bertz CT molecular complexity index is 1270. The highest BCUT2D eigenvalue weighted by atomic mass is 35.5. The molecule has 0 aliphatic carbocycles. The van der Waals surface area contributed by atoms with Crippen LogP contribution in [0.1, 0.15) is 30.9 Å². The van der Waals surface area contributed by atoms with E-state index in [2.05, 4.69) is 5.10 Å². The molecule has 8 heteroatoms. The summed E-state index contributed by atoms with van der Waals surface area (Å²) >= 11 is 6.44. The quantitative estimate of drug-likeness (QED) is 0.214. The number of para-hydroxylation sites is 1. The maximum absolute atomic E-state index is 13.1. The Hall–Kier alpha value is -3.97. The van der Waals surface area contributed by atoms with Gasteiger partial charge in [0.2, 0.25) is 0 Å². The number of non-ortho nitro benzene ring substituents is 1. The summed E-state index contributed by atoms with van der Waals surface area (Å²) in [4.78, 5) is 23.5. The Kier molecular flexibility index (Phi) is 7.04. The van der Waals surface area contributed by atoms with Crippen molar-refractivity contribution in [1.82, 2.24) is 0 Å². The van der Waals surface area contributed by atoms with Gasteiger partial charge in [-0.1, -0.05) is 49.2 Å². The molecule has 7 nitrogen and oxygen atoms in total. The van der Waals surface area contributed by atoms with E-state index in [1.807, 2.05) is 43.3 Å². The number of benzene rings is 3. The zero-order chi connectivity index (χ0) is 24.1. The fourth-order valence-corrected chi connectivity index (χ4v) is 3.78. The molecule has 0 bridgehead atoms. The van der Waals surface area contributed by atoms with Gasteiger partial charge in [-0.2, -0.15) is 10.1 Å². The molecule has 0 atom stereocenters. The van der Waals surface area contributed by atoms with Crippen molar-refractivity contribution >= 4 is 40.7 Å². The van der Waals surface area contributed by atoms with E-state index >= 15 is 0 Å². The Morgan fingerprint density at radius 1 is 1.09 bits per heavy atom. The topological polar surface area (TPSA) is 85.0 Å². The maximum Gasteiger partial charge on any atom is 0.280 e. The third kappa shape index (κ3) is 5.15. The molecule has 0 spiro atoms. The van der Waals surface area contributed by atoms with Gasteiger partial charge in [0.05, 0.1) is 26.9 Å². The number of hydrazone groups is 1. The van der Waals surface area contributed by atoms with E-state index in [4.69, 9.17) is 16.3 Å². The number of nitrogens with zero attached hydrogens (tertiary/aromatic N) is 3. The van der Waals surface area contributed by atoms with Crippen LogP contribution < -0.4 is 9.75 Å². The number of ether oxygens (including phenoxy) is 1. The van der Waals surface area contributed by atoms with Crippen molar-refractivity contribution in [3.05, 3.63) is 105 Å². The molecule has 1 aliphatic heterocycles. The number of carbonyl (C=O) groups excluding carboxylic acids is 1. The molecule has 172 valence electrons. The lowest BCUT2D eigenvalue weighted by atomic mass is 10.0. The van der Waals surface area contributed by atoms with Crippen LogP contribution in [0, 0.1) is 10.1 Å². The molecular weight excluding hydrogens is 454 g/mol. The number of carbonyl (C=O) groups is 1. The van der Waals surface area contributed by atoms with Crippen molar-refractivity contribution in [2.45, 2.75) is 26.4 Å². The maximum atomic E-state index is 13.1. The molecule has 34 heavy (non-hydrogen) atoms. The van der Waals surface area contributed by atoms with E-state index in [0.717, 1.165) is 28.9 Å². The summed E-state index contributed by atoms with van der Waals surface area (Å²) in [6, 6.07) is 20.8. The third-order valence-electron chi connectivity index (χ3n) is 5.25. The highest BCUT2D eigenvalue weighted by Gasteiger charge is 2.30. The lowest BCUT2D eigenvalue weighted by Gasteiger charge is -2.11. The van der Waals surface area contributed by atoms with Gasteiger partial charge in [0.15, 0.2) is 0 Å². The number of nitro groups is 1. The van der Waals surface area contributed by atoms with Crippen molar-refractivity contribution < 1.29 is 14.5 Å². The normalized spacial score (nSPS) is 14.4. The van der Waals surface area contributed by atoms with Crippen LogP contribution in [0.3, 0.4) is 0 Å². The van der Waals surface area contributed by atoms with Gasteiger partial charge in [0.1, 0.15) is 12.4 Å². The molecule has 0 N–H and O–H groups in total. The minimum atomic E-state index is -0.445. The second-order valence-electron chi connectivity index (χ2n) is 7.71. The molecule has 1 aliphatic rings. The van der Waals surface area contributed by atoms with Gasteiger partial charge in [-0.15, -0.1) is 0 Å². The summed E-state index contributed by atoms with van der Waals surface area (Å²) in [5.41, 5.74) is 3.57. The Morgan fingerprint density at radius 2 is 1.82 bits per heavy atom. The first-order valence-electron chi connectivity index (χ1n) is 10.8. The Morgan fingerprint density at radius 3 is 2.47 bits per heavy atom. The number of amides is 1. The van der Waals surface area contributed by atoms with E-state index in [0.29, 0.717) is 22.8 Å². The van der Waals surface area contributed by atoms with Gasteiger partial charge >= 0.3 is 0 Å². The average Bonchev–Trinajstić information content (AvgIpc) is 3.14. The van der Waals surface area contributed by atoms with E-state index in [1.165, 1.54) is 17.1 Å². The SMILES string of the molecule is CCCC1=NN(c2ccccc2)C(=O)C1=Cc1ccc(OCc2ccc([N+](=O)[O-])cc2)c(Cl)c1. The summed E-state index contributed by atoms with van der Waals surface area (Å²) in [7, 11) is 0. The molecule has 0 aromatic heterocycles. The van der Waals surface area contributed by atoms with Gasteiger partial charge in [-0.05, 0) is 60.0 Å². The second-order valence-corrected chi connectivity index (χ2v) is 8.12. The average molecular weight is 476 g/mol. The van der Waals surface area contributed by atoms with Crippen LogP contribution in [0.15, 0.2) is 83.5 Å². The molecule has 3 aromatic carbocycles. The molecule has 3 aromatic rings. The monoisotopic (exact) mass is 475 g/mol. The summed E-state index contributed by atoms with van der Waals surface area (Å²) in [5.74, 6) is 0.303. The lowest BCUT2D eigenvalue weighted by Crippen LogP contribution is -2.21. The molecule has 0 unspecified atom stereocenters. The van der Waals surface area contributed by atoms with Crippen LogP contribution in [0.25, 0.3) is 6.08 Å². The van der Waals surface area contributed by atoms with Crippen LogP contribution in [0.5, 0.6) is 5.75 Å². The molecular formula is C26H22ClN3O4. The summed E-state index contributed by atoms with van der Waals surface area (Å²) in [5, 5.41) is 17.2.